The molecule has 2 heterocycles. The number of hydrogen-bond acceptors (Lipinski definition) is 3. The molecule has 0 spiro atoms. The molecule has 3 heteroatoms. The van der Waals surface area contributed by atoms with Gasteiger partial charge in [-0.2, -0.15) is 0 Å². The fourth-order valence-electron chi connectivity index (χ4n) is 2.17. The maximum absolute atomic E-state index is 11.6. The van der Waals surface area contributed by atoms with E-state index in [1.165, 1.54) is 6.26 Å². The average Bonchev–Trinajstić information content (AvgIpc) is 2.77. The van der Waals surface area contributed by atoms with E-state index in [9.17, 15) is 4.79 Å². The van der Waals surface area contributed by atoms with Crippen molar-refractivity contribution in [2.24, 2.45) is 0 Å². The van der Waals surface area contributed by atoms with Crippen LogP contribution in [0.2, 0.25) is 0 Å². The van der Waals surface area contributed by atoms with Crippen molar-refractivity contribution in [1.82, 2.24) is 0 Å². The summed E-state index contributed by atoms with van der Waals surface area (Å²) in [5.41, 5.74) is 2.79. The van der Waals surface area contributed by atoms with Crippen molar-refractivity contribution in [3.8, 4) is 11.3 Å². The summed E-state index contributed by atoms with van der Waals surface area (Å²) < 4.78 is 10.7. The fourth-order valence-corrected chi connectivity index (χ4v) is 2.17. The van der Waals surface area contributed by atoms with E-state index in [0.717, 1.165) is 22.1 Å². The van der Waals surface area contributed by atoms with Gasteiger partial charge in [-0.25, -0.2) is 4.79 Å². The zero-order valence-corrected chi connectivity index (χ0v) is 10.2. The van der Waals surface area contributed by atoms with Crippen LogP contribution in [0.15, 0.2) is 50.2 Å². The molecule has 1 aromatic carbocycles. The lowest BCUT2D eigenvalue weighted by Crippen LogP contribution is -2.05. The van der Waals surface area contributed by atoms with Gasteiger partial charge < -0.3 is 8.83 Å². The van der Waals surface area contributed by atoms with Crippen molar-refractivity contribution in [3.05, 3.63) is 58.1 Å². The third kappa shape index (κ3) is 1.56. The summed E-state index contributed by atoms with van der Waals surface area (Å²) in [5, 5.41) is 1.03. The molecule has 0 aliphatic heterocycles. The molecular formula is C15H12O3. The molecule has 3 aromatic rings. The molecule has 0 fully saturated rings. The highest BCUT2D eigenvalue weighted by molar-refractivity contribution is 5.83. The van der Waals surface area contributed by atoms with Gasteiger partial charge in [-0.15, -0.1) is 0 Å². The summed E-state index contributed by atoms with van der Waals surface area (Å²) >= 11 is 0. The zero-order chi connectivity index (χ0) is 12.7. The highest BCUT2D eigenvalue weighted by Crippen LogP contribution is 2.30. The lowest BCUT2D eigenvalue weighted by atomic mass is 10.0. The molecule has 0 bridgehead atoms. The van der Waals surface area contributed by atoms with Crippen molar-refractivity contribution in [1.29, 1.82) is 0 Å². The number of aryl methyl sites for hydroxylation is 1. The fraction of sp³-hybridized carbons (Fsp3) is 0.133. The maximum atomic E-state index is 11.6. The van der Waals surface area contributed by atoms with Crippen LogP contribution in [0, 0.1) is 13.8 Å². The predicted octanol–water partition coefficient (Wildman–Crippen LogP) is 3.67. The summed E-state index contributed by atoms with van der Waals surface area (Å²) in [6.45, 7) is 3.65. The van der Waals surface area contributed by atoms with Gasteiger partial charge in [0.05, 0.1) is 6.26 Å². The number of furan rings is 1. The third-order valence-electron chi connectivity index (χ3n) is 3.09. The van der Waals surface area contributed by atoms with Gasteiger partial charge in [-0.3, -0.25) is 0 Å². The van der Waals surface area contributed by atoms with Crippen LogP contribution < -0.4 is 5.63 Å². The van der Waals surface area contributed by atoms with Crippen molar-refractivity contribution in [2.75, 3.05) is 0 Å². The standard InChI is InChI=1S/C15H12O3/c1-9-8-17-15(16)10(2)14(9)13-7-11-5-3-4-6-12(11)18-13/h3-8H,1-2H3. The summed E-state index contributed by atoms with van der Waals surface area (Å²) in [6.07, 6.45) is 1.47. The first kappa shape index (κ1) is 10.8. The van der Waals surface area contributed by atoms with Crippen molar-refractivity contribution in [2.45, 2.75) is 13.8 Å². The van der Waals surface area contributed by atoms with Crippen LogP contribution in [-0.2, 0) is 0 Å². The zero-order valence-electron chi connectivity index (χ0n) is 10.2. The average molecular weight is 240 g/mol. The maximum Gasteiger partial charge on any atom is 0.339 e. The highest BCUT2D eigenvalue weighted by atomic mass is 16.4. The Labute approximate surface area is 104 Å². The molecule has 2 aromatic heterocycles. The van der Waals surface area contributed by atoms with Gasteiger partial charge in [0.1, 0.15) is 11.3 Å². The van der Waals surface area contributed by atoms with Gasteiger partial charge in [0.25, 0.3) is 0 Å². The molecule has 0 aliphatic rings. The quantitative estimate of drug-likeness (QED) is 0.651. The van der Waals surface area contributed by atoms with Crippen LogP contribution in [0.25, 0.3) is 22.3 Å². The van der Waals surface area contributed by atoms with E-state index < -0.39 is 0 Å². The number of benzene rings is 1. The minimum Gasteiger partial charge on any atom is -0.456 e. The Morgan fingerprint density at radius 2 is 1.89 bits per heavy atom. The van der Waals surface area contributed by atoms with Gasteiger partial charge in [-0.05, 0) is 31.5 Å². The van der Waals surface area contributed by atoms with Crippen LogP contribution in [0.5, 0.6) is 0 Å². The Morgan fingerprint density at radius 3 is 2.67 bits per heavy atom. The molecule has 0 aliphatic carbocycles. The predicted molar refractivity (Wildman–Crippen MR) is 69.7 cm³/mol. The Morgan fingerprint density at radius 1 is 1.11 bits per heavy atom. The summed E-state index contributed by atoms with van der Waals surface area (Å²) in [5.74, 6) is 0.708. The largest absolute Gasteiger partial charge is 0.456 e. The monoisotopic (exact) mass is 240 g/mol. The molecule has 0 unspecified atom stereocenters. The van der Waals surface area contributed by atoms with Crippen LogP contribution in [0.4, 0.5) is 0 Å². The summed E-state index contributed by atoms with van der Waals surface area (Å²) in [7, 11) is 0. The Bertz CT molecular complexity index is 745. The van der Waals surface area contributed by atoms with Gasteiger partial charge in [0, 0.05) is 16.5 Å². The molecule has 90 valence electrons. The molecular weight excluding hydrogens is 228 g/mol. The lowest BCUT2D eigenvalue weighted by Gasteiger charge is -2.03. The van der Waals surface area contributed by atoms with E-state index >= 15 is 0 Å². The number of para-hydroxylation sites is 1. The van der Waals surface area contributed by atoms with E-state index in [0.29, 0.717) is 11.3 Å². The van der Waals surface area contributed by atoms with Crippen molar-refractivity contribution in [3.63, 3.8) is 0 Å². The first-order chi connectivity index (χ1) is 8.66. The van der Waals surface area contributed by atoms with E-state index in [-0.39, 0.29) is 5.63 Å². The first-order valence-corrected chi connectivity index (χ1v) is 5.75. The van der Waals surface area contributed by atoms with Crippen LogP contribution in [-0.4, -0.2) is 0 Å². The second-order valence-corrected chi connectivity index (χ2v) is 4.35. The Kier molecular flexibility index (Phi) is 2.33. The van der Waals surface area contributed by atoms with E-state index in [2.05, 4.69) is 0 Å². The third-order valence-corrected chi connectivity index (χ3v) is 3.09. The molecule has 0 N–H and O–H groups in total. The molecule has 0 radical (unpaired) electrons. The van der Waals surface area contributed by atoms with Gasteiger partial charge in [0.15, 0.2) is 0 Å². The van der Waals surface area contributed by atoms with Gasteiger partial charge in [0.2, 0.25) is 0 Å². The van der Waals surface area contributed by atoms with Gasteiger partial charge >= 0.3 is 5.63 Å². The molecule has 0 atom stereocenters. The van der Waals surface area contributed by atoms with Gasteiger partial charge in [-0.1, -0.05) is 18.2 Å². The van der Waals surface area contributed by atoms with Crippen LogP contribution in [0.3, 0.4) is 0 Å². The SMILES string of the molecule is Cc1coc(=O)c(C)c1-c1cc2ccccc2o1. The minimum absolute atomic E-state index is 0.323. The molecule has 3 nitrogen and oxygen atoms in total. The van der Waals surface area contributed by atoms with Crippen molar-refractivity contribution < 1.29 is 8.83 Å². The second-order valence-electron chi connectivity index (χ2n) is 4.35. The topological polar surface area (TPSA) is 43.4 Å². The molecule has 0 saturated heterocycles. The molecule has 0 amide bonds. The number of hydrogen-bond donors (Lipinski definition) is 0. The van der Waals surface area contributed by atoms with Crippen LogP contribution >= 0.6 is 0 Å². The molecule has 3 rings (SSSR count). The lowest BCUT2D eigenvalue weighted by molar-refractivity contribution is 0.500. The normalized spacial score (nSPS) is 11.0. The summed E-state index contributed by atoms with van der Waals surface area (Å²) in [6, 6.07) is 9.73. The molecule has 18 heavy (non-hydrogen) atoms. The minimum atomic E-state index is -0.323. The summed E-state index contributed by atoms with van der Waals surface area (Å²) in [4.78, 5) is 11.6. The van der Waals surface area contributed by atoms with E-state index in [1.54, 1.807) is 6.92 Å². The first-order valence-electron chi connectivity index (χ1n) is 5.75. The Balaban J connectivity index is 2.32. The van der Waals surface area contributed by atoms with E-state index in [1.807, 2.05) is 37.3 Å². The number of fused-ring (bicyclic) bond motifs is 1. The van der Waals surface area contributed by atoms with E-state index in [4.69, 9.17) is 8.83 Å². The highest BCUT2D eigenvalue weighted by Gasteiger charge is 2.14. The van der Waals surface area contributed by atoms with Crippen molar-refractivity contribution >= 4 is 11.0 Å². The Hall–Kier alpha value is -2.29. The second kappa shape index (κ2) is 3.88. The van der Waals surface area contributed by atoms with Crippen LogP contribution in [0.1, 0.15) is 11.1 Å². The molecule has 0 saturated carbocycles. The smallest absolute Gasteiger partial charge is 0.339 e. The number of rotatable bonds is 1.